The van der Waals surface area contributed by atoms with Crippen molar-refractivity contribution in [3.63, 3.8) is 0 Å². The van der Waals surface area contributed by atoms with Crippen LogP contribution in [0.15, 0.2) is 4.52 Å². The maximum atomic E-state index is 10.3. The van der Waals surface area contributed by atoms with E-state index in [0.717, 1.165) is 0 Å². The molecule has 0 radical (unpaired) electrons. The van der Waals surface area contributed by atoms with E-state index in [2.05, 4.69) is 14.7 Å². The van der Waals surface area contributed by atoms with Crippen LogP contribution in [0.1, 0.15) is 29.9 Å². The van der Waals surface area contributed by atoms with Crippen molar-refractivity contribution in [3.8, 4) is 0 Å². The lowest BCUT2D eigenvalue weighted by Gasteiger charge is -1.98. The normalized spacial score (nSPS) is 12.8. The summed E-state index contributed by atoms with van der Waals surface area (Å²) in [7, 11) is 0. The Bertz CT molecular complexity index is 295. The van der Waals surface area contributed by atoms with Gasteiger partial charge in [-0.1, -0.05) is 0 Å². The standard InChI is InChI=1S/C7H11N3O3/c1-4(8)2-3-5-9-6(7(11)12)10-13-5/h4H,2-3,8H2,1H3,(H,11,12). The average molecular weight is 185 g/mol. The number of aromatic nitrogens is 2. The summed E-state index contributed by atoms with van der Waals surface area (Å²) in [6.07, 6.45) is 1.21. The molecule has 0 spiro atoms. The molecule has 1 atom stereocenters. The summed E-state index contributed by atoms with van der Waals surface area (Å²) in [5.74, 6) is -1.18. The lowest BCUT2D eigenvalue weighted by molar-refractivity contribution is 0.0680. The zero-order valence-electron chi connectivity index (χ0n) is 7.23. The number of rotatable bonds is 4. The van der Waals surface area contributed by atoms with Crippen molar-refractivity contribution >= 4 is 5.97 Å². The first-order valence-corrected chi connectivity index (χ1v) is 3.91. The van der Waals surface area contributed by atoms with Crippen molar-refractivity contribution < 1.29 is 14.4 Å². The van der Waals surface area contributed by atoms with Gasteiger partial charge >= 0.3 is 5.97 Å². The third-order valence-corrected chi connectivity index (χ3v) is 1.47. The van der Waals surface area contributed by atoms with Gasteiger partial charge in [0.1, 0.15) is 0 Å². The number of aromatic carboxylic acids is 1. The van der Waals surface area contributed by atoms with Crippen LogP contribution in [0.4, 0.5) is 0 Å². The Labute approximate surface area is 74.7 Å². The first-order chi connectivity index (χ1) is 6.09. The maximum absolute atomic E-state index is 10.3. The van der Waals surface area contributed by atoms with E-state index in [1.807, 2.05) is 6.92 Å². The molecule has 72 valence electrons. The van der Waals surface area contributed by atoms with Crippen LogP contribution in [0.25, 0.3) is 0 Å². The van der Waals surface area contributed by atoms with Gasteiger partial charge in [0.2, 0.25) is 5.89 Å². The highest BCUT2D eigenvalue weighted by Gasteiger charge is 2.12. The molecule has 0 bridgehead atoms. The Morgan fingerprint density at radius 1 is 1.77 bits per heavy atom. The molecular weight excluding hydrogens is 174 g/mol. The molecule has 0 aliphatic rings. The van der Waals surface area contributed by atoms with Gasteiger partial charge < -0.3 is 15.4 Å². The third kappa shape index (κ3) is 2.83. The van der Waals surface area contributed by atoms with Crippen molar-refractivity contribution in [2.75, 3.05) is 0 Å². The second kappa shape index (κ2) is 3.99. The van der Waals surface area contributed by atoms with Crippen molar-refractivity contribution in [1.29, 1.82) is 0 Å². The van der Waals surface area contributed by atoms with E-state index in [1.54, 1.807) is 0 Å². The minimum atomic E-state index is -1.18. The molecule has 1 aromatic rings. The van der Waals surface area contributed by atoms with Gasteiger partial charge in [-0.05, 0) is 18.5 Å². The predicted octanol–water partition coefficient (Wildman–Crippen LogP) is 0.0476. The van der Waals surface area contributed by atoms with Crippen molar-refractivity contribution in [1.82, 2.24) is 10.1 Å². The molecule has 1 aromatic heterocycles. The first kappa shape index (κ1) is 9.66. The van der Waals surface area contributed by atoms with Crippen LogP contribution in [0.5, 0.6) is 0 Å². The second-order valence-corrected chi connectivity index (χ2v) is 2.83. The topological polar surface area (TPSA) is 102 Å². The minimum Gasteiger partial charge on any atom is -0.475 e. The van der Waals surface area contributed by atoms with Gasteiger partial charge in [0, 0.05) is 12.5 Å². The minimum absolute atomic E-state index is 0.0418. The number of hydrogen-bond donors (Lipinski definition) is 2. The third-order valence-electron chi connectivity index (χ3n) is 1.47. The molecular formula is C7H11N3O3. The van der Waals surface area contributed by atoms with Crippen molar-refractivity contribution in [2.24, 2.45) is 5.73 Å². The molecule has 1 unspecified atom stereocenters. The van der Waals surface area contributed by atoms with E-state index in [-0.39, 0.29) is 11.9 Å². The Balaban J connectivity index is 2.54. The highest BCUT2D eigenvalue weighted by Crippen LogP contribution is 2.02. The molecule has 0 saturated carbocycles. The number of carbonyl (C=O) groups is 1. The molecule has 0 fully saturated rings. The van der Waals surface area contributed by atoms with Gasteiger partial charge in [0.15, 0.2) is 0 Å². The molecule has 6 heteroatoms. The molecule has 6 nitrogen and oxygen atoms in total. The van der Waals surface area contributed by atoms with Crippen LogP contribution in [0.3, 0.4) is 0 Å². The molecule has 0 aromatic carbocycles. The fourth-order valence-corrected chi connectivity index (χ4v) is 0.794. The molecule has 13 heavy (non-hydrogen) atoms. The largest absolute Gasteiger partial charge is 0.475 e. The van der Waals surface area contributed by atoms with Gasteiger partial charge in [-0.3, -0.25) is 0 Å². The summed E-state index contributed by atoms with van der Waals surface area (Å²) in [4.78, 5) is 14.0. The molecule has 3 N–H and O–H groups in total. The Morgan fingerprint density at radius 2 is 2.46 bits per heavy atom. The van der Waals surface area contributed by atoms with Crippen LogP contribution in [-0.4, -0.2) is 27.3 Å². The number of nitrogens with two attached hydrogens (primary N) is 1. The van der Waals surface area contributed by atoms with Crippen LogP contribution < -0.4 is 5.73 Å². The zero-order chi connectivity index (χ0) is 9.84. The summed E-state index contributed by atoms with van der Waals surface area (Å²) >= 11 is 0. The van der Waals surface area contributed by atoms with Crippen LogP contribution in [-0.2, 0) is 6.42 Å². The predicted molar refractivity (Wildman–Crippen MR) is 43.2 cm³/mol. The molecule has 0 amide bonds. The van der Waals surface area contributed by atoms with Gasteiger partial charge in [0.05, 0.1) is 0 Å². The molecule has 0 saturated heterocycles. The average Bonchev–Trinajstić information content (AvgIpc) is 2.48. The Hall–Kier alpha value is -1.43. The fourth-order valence-electron chi connectivity index (χ4n) is 0.794. The summed E-state index contributed by atoms with van der Waals surface area (Å²) in [5, 5.41) is 11.7. The number of nitrogens with zero attached hydrogens (tertiary/aromatic N) is 2. The molecule has 0 aliphatic heterocycles. The first-order valence-electron chi connectivity index (χ1n) is 3.91. The lowest BCUT2D eigenvalue weighted by Crippen LogP contribution is -2.15. The van der Waals surface area contributed by atoms with Gasteiger partial charge in [-0.15, -0.1) is 0 Å². The van der Waals surface area contributed by atoms with Crippen molar-refractivity contribution in [3.05, 3.63) is 11.7 Å². The number of hydrogen-bond acceptors (Lipinski definition) is 5. The summed E-state index contributed by atoms with van der Waals surface area (Å²) < 4.78 is 4.68. The summed E-state index contributed by atoms with van der Waals surface area (Å²) in [6.45, 7) is 1.86. The van der Waals surface area contributed by atoms with E-state index in [4.69, 9.17) is 10.8 Å². The monoisotopic (exact) mass is 185 g/mol. The summed E-state index contributed by atoms with van der Waals surface area (Å²) in [5.41, 5.74) is 5.50. The number of carboxylic acid groups (broad SMARTS) is 1. The SMILES string of the molecule is CC(N)CCc1nc(C(=O)O)no1. The molecule has 0 aliphatic carbocycles. The van der Waals surface area contributed by atoms with Crippen LogP contribution in [0.2, 0.25) is 0 Å². The Morgan fingerprint density at radius 3 is 2.92 bits per heavy atom. The highest BCUT2D eigenvalue weighted by molar-refractivity contribution is 5.82. The molecule has 1 rings (SSSR count). The molecule has 1 heterocycles. The van der Waals surface area contributed by atoms with Crippen LogP contribution >= 0.6 is 0 Å². The second-order valence-electron chi connectivity index (χ2n) is 2.83. The van der Waals surface area contributed by atoms with E-state index in [1.165, 1.54) is 0 Å². The van der Waals surface area contributed by atoms with Gasteiger partial charge in [-0.25, -0.2) is 4.79 Å². The van der Waals surface area contributed by atoms with Gasteiger partial charge in [0.25, 0.3) is 5.82 Å². The van der Waals surface area contributed by atoms with E-state index in [9.17, 15) is 4.79 Å². The lowest BCUT2D eigenvalue weighted by atomic mass is 10.2. The summed E-state index contributed by atoms with van der Waals surface area (Å²) in [6, 6.07) is 0.0418. The zero-order valence-corrected chi connectivity index (χ0v) is 7.23. The maximum Gasteiger partial charge on any atom is 0.377 e. The van der Waals surface area contributed by atoms with E-state index >= 15 is 0 Å². The van der Waals surface area contributed by atoms with Crippen LogP contribution in [0, 0.1) is 0 Å². The quantitative estimate of drug-likeness (QED) is 0.686. The number of aryl methyl sites for hydroxylation is 1. The van der Waals surface area contributed by atoms with E-state index in [0.29, 0.717) is 18.7 Å². The fraction of sp³-hybridized carbons (Fsp3) is 0.571. The highest BCUT2D eigenvalue weighted by atomic mass is 16.5. The van der Waals surface area contributed by atoms with Gasteiger partial charge in [-0.2, -0.15) is 4.98 Å². The van der Waals surface area contributed by atoms with Crippen molar-refractivity contribution in [2.45, 2.75) is 25.8 Å². The smallest absolute Gasteiger partial charge is 0.377 e. The Kier molecular flexibility index (Phi) is 2.97. The van der Waals surface area contributed by atoms with E-state index < -0.39 is 5.97 Å². The number of carboxylic acids is 1.